The third kappa shape index (κ3) is 3.91. The van der Waals surface area contributed by atoms with Crippen molar-refractivity contribution in [3.63, 3.8) is 0 Å². The molecular formula is C9H14F3N3. The van der Waals surface area contributed by atoms with Crippen molar-refractivity contribution in [2.45, 2.75) is 32.0 Å². The van der Waals surface area contributed by atoms with Crippen molar-refractivity contribution in [2.75, 3.05) is 0 Å². The Morgan fingerprint density at radius 3 is 2.53 bits per heavy atom. The van der Waals surface area contributed by atoms with Gasteiger partial charge in [-0.2, -0.15) is 18.3 Å². The lowest BCUT2D eigenvalue weighted by molar-refractivity contribution is -0.138. The smallest absolute Gasteiger partial charge is 0.327 e. The van der Waals surface area contributed by atoms with Crippen molar-refractivity contribution in [2.24, 2.45) is 12.8 Å². The number of hydrogen-bond donors (Lipinski definition) is 1. The number of halogens is 3. The highest BCUT2D eigenvalue weighted by atomic mass is 19.4. The van der Waals surface area contributed by atoms with Crippen LogP contribution in [0.25, 0.3) is 0 Å². The first kappa shape index (κ1) is 12.0. The summed E-state index contributed by atoms with van der Waals surface area (Å²) in [6, 6.07) is 0.843. The molecule has 0 saturated carbocycles. The van der Waals surface area contributed by atoms with Crippen LogP contribution in [0.3, 0.4) is 0 Å². The Morgan fingerprint density at radius 1 is 1.53 bits per heavy atom. The van der Waals surface area contributed by atoms with Crippen molar-refractivity contribution in [3.05, 3.63) is 17.5 Å². The number of nitrogens with zero attached hydrogens (tertiary/aromatic N) is 2. The van der Waals surface area contributed by atoms with Crippen LogP contribution in [-0.2, 0) is 13.5 Å². The molecule has 0 spiro atoms. The van der Waals surface area contributed by atoms with Crippen molar-refractivity contribution >= 4 is 0 Å². The van der Waals surface area contributed by atoms with Gasteiger partial charge in [-0.1, -0.05) is 0 Å². The fourth-order valence-electron chi connectivity index (χ4n) is 1.49. The Hall–Kier alpha value is -1.04. The molecular weight excluding hydrogens is 207 g/mol. The number of aromatic nitrogens is 2. The first-order valence-corrected chi connectivity index (χ1v) is 4.60. The second kappa shape index (κ2) is 4.22. The predicted molar refractivity (Wildman–Crippen MR) is 50.3 cm³/mol. The monoisotopic (exact) mass is 221 g/mol. The summed E-state index contributed by atoms with van der Waals surface area (Å²) in [7, 11) is 1.70. The molecule has 0 fully saturated rings. The summed E-state index contributed by atoms with van der Waals surface area (Å²) in [6.45, 7) is 1.79. The van der Waals surface area contributed by atoms with Gasteiger partial charge in [0.05, 0.1) is 12.1 Å². The molecule has 6 heteroatoms. The molecule has 1 atom stereocenters. The highest BCUT2D eigenvalue weighted by Crippen LogP contribution is 2.22. The zero-order valence-electron chi connectivity index (χ0n) is 8.67. The van der Waals surface area contributed by atoms with Crippen LogP contribution in [0.5, 0.6) is 0 Å². The highest BCUT2D eigenvalue weighted by Gasteiger charge is 2.30. The fraction of sp³-hybridized carbons (Fsp3) is 0.667. The van der Waals surface area contributed by atoms with E-state index in [9.17, 15) is 13.2 Å². The van der Waals surface area contributed by atoms with Crippen molar-refractivity contribution in [1.29, 1.82) is 0 Å². The van der Waals surface area contributed by atoms with Gasteiger partial charge in [0.25, 0.3) is 0 Å². The van der Waals surface area contributed by atoms with Crippen LogP contribution in [0.1, 0.15) is 17.8 Å². The summed E-state index contributed by atoms with van der Waals surface area (Å²) < 4.78 is 37.6. The minimum atomic E-state index is -4.20. The van der Waals surface area contributed by atoms with Gasteiger partial charge in [0.15, 0.2) is 0 Å². The van der Waals surface area contributed by atoms with E-state index in [2.05, 4.69) is 5.10 Å². The number of alkyl halides is 3. The van der Waals surface area contributed by atoms with Crippen LogP contribution in [0.15, 0.2) is 6.07 Å². The quantitative estimate of drug-likeness (QED) is 0.841. The minimum Gasteiger partial charge on any atom is -0.327 e. The molecule has 0 aromatic carbocycles. The molecule has 0 aliphatic carbocycles. The van der Waals surface area contributed by atoms with Gasteiger partial charge in [0.2, 0.25) is 0 Å². The lowest BCUT2D eigenvalue weighted by Gasteiger charge is -2.13. The Kier molecular flexibility index (Phi) is 3.38. The molecule has 1 rings (SSSR count). The van der Waals surface area contributed by atoms with E-state index in [0.29, 0.717) is 0 Å². The lowest BCUT2D eigenvalue weighted by Crippen LogP contribution is -2.30. The molecule has 0 aliphatic rings. The van der Waals surface area contributed by atoms with Gasteiger partial charge in [-0.25, -0.2) is 0 Å². The van der Waals surface area contributed by atoms with Crippen LogP contribution in [0.2, 0.25) is 0 Å². The van der Waals surface area contributed by atoms with E-state index in [1.807, 2.05) is 0 Å². The second-order valence-corrected chi connectivity index (χ2v) is 3.68. The maximum Gasteiger partial charge on any atom is 0.390 e. The Balaban J connectivity index is 2.58. The molecule has 0 aliphatic heterocycles. The van der Waals surface area contributed by atoms with E-state index in [-0.39, 0.29) is 6.42 Å². The molecule has 0 radical (unpaired) electrons. The third-order valence-corrected chi connectivity index (χ3v) is 2.06. The van der Waals surface area contributed by atoms with E-state index in [0.717, 1.165) is 11.4 Å². The molecule has 3 nitrogen and oxygen atoms in total. The van der Waals surface area contributed by atoms with E-state index >= 15 is 0 Å². The van der Waals surface area contributed by atoms with Gasteiger partial charge in [-0.3, -0.25) is 4.68 Å². The zero-order chi connectivity index (χ0) is 11.6. The van der Waals surface area contributed by atoms with Crippen LogP contribution in [0, 0.1) is 6.92 Å². The molecule has 1 heterocycles. The maximum atomic E-state index is 12.0. The summed E-state index contributed by atoms with van der Waals surface area (Å²) in [6.07, 6.45) is -4.97. The SMILES string of the molecule is Cc1cc(CC(N)CC(F)(F)F)n(C)n1. The van der Waals surface area contributed by atoms with Gasteiger partial charge in [0.1, 0.15) is 0 Å². The average Bonchev–Trinajstić information content (AvgIpc) is 2.25. The van der Waals surface area contributed by atoms with Gasteiger partial charge in [-0.15, -0.1) is 0 Å². The minimum absolute atomic E-state index is 0.191. The van der Waals surface area contributed by atoms with E-state index in [1.165, 1.54) is 0 Å². The Morgan fingerprint density at radius 2 is 2.13 bits per heavy atom. The van der Waals surface area contributed by atoms with Gasteiger partial charge in [0, 0.05) is 25.2 Å². The molecule has 15 heavy (non-hydrogen) atoms. The Bertz CT molecular complexity index is 330. The van der Waals surface area contributed by atoms with Crippen LogP contribution >= 0.6 is 0 Å². The van der Waals surface area contributed by atoms with Gasteiger partial charge < -0.3 is 5.73 Å². The molecule has 1 aromatic rings. The molecule has 1 unspecified atom stereocenters. The van der Waals surface area contributed by atoms with Crippen LogP contribution < -0.4 is 5.73 Å². The lowest BCUT2D eigenvalue weighted by atomic mass is 10.1. The number of aryl methyl sites for hydroxylation is 2. The summed E-state index contributed by atoms with van der Waals surface area (Å²) >= 11 is 0. The summed E-state index contributed by atoms with van der Waals surface area (Å²) in [4.78, 5) is 0. The summed E-state index contributed by atoms with van der Waals surface area (Å²) in [5, 5.41) is 4.04. The number of rotatable bonds is 3. The second-order valence-electron chi connectivity index (χ2n) is 3.68. The molecule has 0 saturated heterocycles. The van der Waals surface area contributed by atoms with Crippen molar-refractivity contribution in [3.8, 4) is 0 Å². The highest BCUT2D eigenvalue weighted by molar-refractivity contribution is 5.09. The molecule has 0 bridgehead atoms. The van der Waals surface area contributed by atoms with Crippen molar-refractivity contribution in [1.82, 2.24) is 9.78 Å². The van der Waals surface area contributed by atoms with Crippen molar-refractivity contribution < 1.29 is 13.2 Å². The standard InChI is InChI=1S/C9H14F3N3/c1-6-3-8(15(2)14-6)4-7(13)5-9(10,11)12/h3,7H,4-5,13H2,1-2H3. The fourth-order valence-corrected chi connectivity index (χ4v) is 1.49. The Labute approximate surface area is 86.1 Å². The van der Waals surface area contributed by atoms with E-state index < -0.39 is 18.6 Å². The molecule has 2 N–H and O–H groups in total. The van der Waals surface area contributed by atoms with E-state index in [1.54, 1.807) is 24.7 Å². The first-order chi connectivity index (χ1) is 6.78. The van der Waals surface area contributed by atoms with Crippen LogP contribution in [-0.4, -0.2) is 22.0 Å². The normalized spacial score (nSPS) is 14.3. The predicted octanol–water partition coefficient (Wildman–Crippen LogP) is 1.55. The van der Waals surface area contributed by atoms with Crippen LogP contribution in [0.4, 0.5) is 13.2 Å². The zero-order valence-corrected chi connectivity index (χ0v) is 8.67. The summed E-state index contributed by atoms with van der Waals surface area (Å²) in [5.41, 5.74) is 6.92. The van der Waals surface area contributed by atoms with E-state index in [4.69, 9.17) is 5.73 Å². The number of hydrogen-bond acceptors (Lipinski definition) is 2. The topological polar surface area (TPSA) is 43.8 Å². The molecule has 86 valence electrons. The third-order valence-electron chi connectivity index (χ3n) is 2.06. The van der Waals surface area contributed by atoms with Gasteiger partial charge in [-0.05, 0) is 13.0 Å². The maximum absolute atomic E-state index is 12.0. The summed E-state index contributed by atoms with van der Waals surface area (Å²) in [5.74, 6) is 0. The molecule has 0 amide bonds. The largest absolute Gasteiger partial charge is 0.390 e. The molecule has 1 aromatic heterocycles. The van der Waals surface area contributed by atoms with Gasteiger partial charge >= 0.3 is 6.18 Å². The number of nitrogens with two attached hydrogens (primary N) is 1. The average molecular weight is 221 g/mol. The first-order valence-electron chi connectivity index (χ1n) is 4.60.